The van der Waals surface area contributed by atoms with E-state index < -0.39 is 66.6 Å². The molecule has 0 aromatic carbocycles. The Kier molecular flexibility index (Phi) is 14.1. The number of urea groups is 2. The highest BCUT2D eigenvalue weighted by molar-refractivity contribution is 7.87. The van der Waals surface area contributed by atoms with Crippen molar-refractivity contribution >= 4 is 55.3 Å². The van der Waals surface area contributed by atoms with Crippen molar-refractivity contribution in [1.29, 1.82) is 0 Å². The van der Waals surface area contributed by atoms with Crippen molar-refractivity contribution in [2.45, 2.75) is 163 Å². The molecule has 0 saturated heterocycles. The zero-order valence-corrected chi connectivity index (χ0v) is 36.2. The van der Waals surface area contributed by atoms with Crippen LogP contribution in [0.15, 0.2) is 24.3 Å². The van der Waals surface area contributed by atoms with Crippen molar-refractivity contribution in [1.82, 2.24) is 21.3 Å². The molecule has 18 nitrogen and oxygen atoms in total. The molecule has 7 aliphatic carbocycles. The van der Waals surface area contributed by atoms with Crippen LogP contribution in [-0.2, 0) is 38.2 Å². The van der Waals surface area contributed by atoms with Gasteiger partial charge in [0.25, 0.3) is 20.2 Å². The highest BCUT2D eigenvalue weighted by Crippen LogP contribution is 2.41. The summed E-state index contributed by atoms with van der Waals surface area (Å²) >= 11 is 0. The third-order valence-corrected chi connectivity index (χ3v) is 18.0. The summed E-state index contributed by atoms with van der Waals surface area (Å²) < 4.78 is 65.2. The summed E-state index contributed by atoms with van der Waals surface area (Å²) in [5.41, 5.74) is 18.1. The summed E-state index contributed by atoms with van der Waals surface area (Å²) in [7, 11) is -7.98. The first kappa shape index (κ1) is 45.0. The lowest BCUT2D eigenvalue weighted by Gasteiger charge is -2.37. The van der Waals surface area contributed by atoms with Crippen LogP contribution in [0.2, 0.25) is 0 Å². The van der Waals surface area contributed by atoms with Crippen LogP contribution in [0, 0.1) is 29.6 Å². The van der Waals surface area contributed by atoms with E-state index in [4.69, 9.17) is 19.4 Å². The lowest BCUT2D eigenvalue weighted by Crippen LogP contribution is -2.55. The monoisotopic (exact) mass is 886 g/mol. The molecule has 4 amide bonds. The second kappa shape index (κ2) is 19.1. The number of fused-ring (bicyclic) bond motifs is 2. The van der Waals surface area contributed by atoms with Crippen LogP contribution < -0.4 is 21.3 Å². The van der Waals surface area contributed by atoms with Gasteiger partial charge < -0.3 is 32.3 Å². The number of rotatable bonds is 10. The summed E-state index contributed by atoms with van der Waals surface area (Å²) in [5, 5.41) is 10.5. The average molecular weight is 887 g/mol. The summed E-state index contributed by atoms with van der Waals surface area (Å²) in [5.74, 6) is -2.68. The predicted octanol–water partition coefficient (Wildman–Crippen LogP) is 3.65. The lowest BCUT2D eigenvalue weighted by molar-refractivity contribution is -0.123. The number of carbonyl (C=O) groups is 4. The van der Waals surface area contributed by atoms with Gasteiger partial charge in [0.05, 0.1) is 22.7 Å². The maximum atomic E-state index is 13.4. The third kappa shape index (κ3) is 10.4. The minimum absolute atomic E-state index is 0.0612. The van der Waals surface area contributed by atoms with Gasteiger partial charge in [0, 0.05) is 60.0 Å². The summed E-state index contributed by atoms with van der Waals surface area (Å²) in [6.07, 6.45) is 14.0. The Balaban J connectivity index is 0.807. The Hall–Kier alpha value is -4.06. The largest absolute Gasteiger partial charge is 0.361 e. The van der Waals surface area contributed by atoms with Gasteiger partial charge in [0.1, 0.15) is 0 Å². The van der Waals surface area contributed by atoms with Crippen molar-refractivity contribution < 1.29 is 54.0 Å². The zero-order chi connectivity index (χ0) is 43.5. The molecule has 0 aromatic heterocycles. The van der Waals surface area contributed by atoms with Gasteiger partial charge in [-0.1, -0.05) is 31.9 Å². The van der Waals surface area contributed by atoms with Crippen molar-refractivity contribution in [3.8, 4) is 0 Å². The molecule has 20 heteroatoms. The fourth-order valence-corrected chi connectivity index (χ4v) is 14.5. The zero-order valence-electron chi connectivity index (χ0n) is 34.5. The Morgan fingerprint density at radius 1 is 0.590 bits per heavy atom. The van der Waals surface area contributed by atoms with E-state index in [1.54, 1.807) is 12.2 Å². The molecular formula is C41H58N8O10S2. The number of nitrogens with zero attached hydrogens (tertiary/aromatic N) is 4. The molecule has 9 unspecified atom stereocenters. The van der Waals surface area contributed by atoms with E-state index in [9.17, 15) is 36.0 Å². The molecule has 5 saturated carbocycles. The van der Waals surface area contributed by atoms with Crippen molar-refractivity contribution in [3.63, 3.8) is 0 Å². The van der Waals surface area contributed by atoms with E-state index in [1.165, 1.54) is 12.2 Å². The van der Waals surface area contributed by atoms with Crippen molar-refractivity contribution in [2.75, 3.05) is 0 Å². The van der Waals surface area contributed by atoms with E-state index in [0.717, 1.165) is 12.8 Å². The second-order valence-electron chi connectivity index (χ2n) is 18.2. The molecule has 0 aromatic rings. The Labute approximate surface area is 357 Å². The smallest absolute Gasteiger partial charge is 0.357 e. The molecule has 7 aliphatic rings. The normalized spacial score (nSPS) is 36.7. The van der Waals surface area contributed by atoms with Gasteiger partial charge in [-0.3, -0.25) is 18.0 Å². The highest BCUT2D eigenvalue weighted by Gasteiger charge is 2.50. The Morgan fingerprint density at radius 2 is 1.00 bits per heavy atom. The van der Waals surface area contributed by atoms with Gasteiger partial charge in [-0.2, -0.15) is 26.4 Å². The summed E-state index contributed by atoms with van der Waals surface area (Å²) in [4.78, 5) is 57.7. The SMILES string of the molecule is CC1CCC(NC(=O)NC2CCC(OS(=O)(=O)C3CCCC4C(=O)C(=[N+]=[N-])C=CC43)CC2)CC1NC(=O)NC1CCC(OS(=O)(=O)C2CCCC3C(=O)C(=[N+]=[N-])C=CC32)CC1. The van der Waals surface area contributed by atoms with Crippen LogP contribution in [-0.4, -0.2) is 108 Å². The molecular weight excluding hydrogens is 829 g/mol. The quantitative estimate of drug-likeness (QED) is 0.140. The van der Waals surface area contributed by atoms with Gasteiger partial charge in [-0.15, -0.1) is 0 Å². The number of ketones is 2. The van der Waals surface area contributed by atoms with E-state index in [1.807, 2.05) is 0 Å². The number of hydrogen-bond acceptors (Lipinski definition) is 10. The molecule has 0 heterocycles. The molecule has 61 heavy (non-hydrogen) atoms. The molecule has 0 bridgehead atoms. The van der Waals surface area contributed by atoms with Crippen LogP contribution in [0.25, 0.3) is 11.1 Å². The van der Waals surface area contributed by atoms with Gasteiger partial charge >= 0.3 is 23.5 Å². The first-order chi connectivity index (χ1) is 29.1. The van der Waals surface area contributed by atoms with Crippen LogP contribution in [0.5, 0.6) is 0 Å². The van der Waals surface area contributed by atoms with Crippen LogP contribution in [0.4, 0.5) is 9.59 Å². The molecule has 9 atom stereocenters. The number of nitrogens with one attached hydrogen (secondary N) is 4. The van der Waals surface area contributed by atoms with E-state index in [-0.39, 0.29) is 65.1 Å². The second-order valence-corrected chi connectivity index (χ2v) is 21.7. The molecule has 334 valence electrons. The molecule has 0 aliphatic heterocycles. The number of amides is 4. The molecule has 0 spiro atoms. The fourth-order valence-electron chi connectivity index (χ4n) is 10.9. The van der Waals surface area contributed by atoms with Crippen LogP contribution in [0.1, 0.15) is 116 Å². The van der Waals surface area contributed by atoms with Gasteiger partial charge in [0.2, 0.25) is 11.6 Å². The van der Waals surface area contributed by atoms with Gasteiger partial charge in [0.15, 0.2) is 0 Å². The highest BCUT2D eigenvalue weighted by atomic mass is 32.2. The molecule has 4 N–H and O–H groups in total. The fraction of sp³-hybridized carbons (Fsp3) is 0.756. The maximum absolute atomic E-state index is 13.4. The lowest BCUT2D eigenvalue weighted by atomic mass is 9.72. The number of carbonyl (C=O) groups excluding carboxylic acids is 4. The third-order valence-electron chi connectivity index (χ3n) is 14.3. The maximum Gasteiger partial charge on any atom is 0.357 e. The number of allylic oxidation sites excluding steroid dienone is 4. The van der Waals surface area contributed by atoms with Crippen LogP contribution >= 0.6 is 0 Å². The summed E-state index contributed by atoms with van der Waals surface area (Å²) in [6, 6.07) is -1.28. The topological polar surface area (TPSA) is 276 Å². The predicted molar refractivity (Wildman–Crippen MR) is 221 cm³/mol. The standard InChI is InChI=1S/C41H58N8O10S2/c1-23-8-9-26(46-40(52)44-24-10-14-27(15-11-24)58-60(54,55)36-6-2-4-31-29(36)18-20-33(48-42)38(31)50)22-35(23)47-41(53)45-25-12-16-28(17-13-25)59-61(56,57)37-7-3-5-32-30(37)19-21-34(49-43)39(32)51/h18-21,23-32,35-37H,2-17,22H2,1H3,(H2,44,46,52)(H2,45,47,53). The van der Waals surface area contributed by atoms with E-state index >= 15 is 0 Å². The van der Waals surface area contributed by atoms with Crippen molar-refractivity contribution in [3.05, 3.63) is 35.4 Å². The molecule has 5 fully saturated rings. The minimum Gasteiger partial charge on any atom is -0.361 e. The van der Waals surface area contributed by atoms with Crippen LogP contribution in [0.3, 0.4) is 0 Å². The van der Waals surface area contributed by atoms with Gasteiger partial charge in [-0.25, -0.2) is 9.59 Å². The Morgan fingerprint density at radius 3 is 1.44 bits per heavy atom. The van der Waals surface area contributed by atoms with E-state index in [2.05, 4.69) is 37.8 Å². The number of Topliss-reactive ketones (excluding diaryl/α,β-unsaturated/α-hetero) is 2. The van der Waals surface area contributed by atoms with Crippen molar-refractivity contribution in [2.24, 2.45) is 29.6 Å². The number of hydrogen-bond donors (Lipinski definition) is 4. The summed E-state index contributed by atoms with van der Waals surface area (Å²) in [6.45, 7) is 2.07. The Bertz CT molecular complexity index is 2100. The molecule has 0 radical (unpaired) electrons. The average Bonchev–Trinajstić information content (AvgIpc) is 3.23. The molecule has 7 rings (SSSR count). The first-order valence-electron chi connectivity index (χ1n) is 22.0. The first-order valence-corrected chi connectivity index (χ1v) is 25.0. The van der Waals surface area contributed by atoms with Gasteiger partial charge in [-0.05, 0) is 102 Å². The minimum atomic E-state index is -3.99. The van der Waals surface area contributed by atoms with E-state index in [0.29, 0.717) is 96.3 Å².